The minimum absolute atomic E-state index is 0.000690. The second kappa shape index (κ2) is 9.59. The predicted molar refractivity (Wildman–Crippen MR) is 133 cm³/mol. The minimum Gasteiger partial charge on any atom is -0.338 e. The smallest absolute Gasteiger partial charge is 0.272 e. The molecule has 5 rings (SSSR count). The maximum Gasteiger partial charge on any atom is 0.272 e. The zero-order valence-corrected chi connectivity index (χ0v) is 20.5. The fourth-order valence-corrected chi connectivity index (χ4v) is 5.46. The lowest BCUT2D eigenvalue weighted by Gasteiger charge is -2.40. The Morgan fingerprint density at radius 2 is 1.76 bits per heavy atom. The van der Waals surface area contributed by atoms with Crippen LogP contribution >= 0.6 is 0 Å². The molecule has 0 aliphatic carbocycles. The Bertz CT molecular complexity index is 1470. The van der Waals surface area contributed by atoms with E-state index in [-0.39, 0.29) is 24.1 Å². The number of halogens is 3. The summed E-state index contributed by atoms with van der Waals surface area (Å²) < 4.78 is 43.4. The lowest BCUT2D eigenvalue weighted by atomic mass is 9.74. The quantitative estimate of drug-likeness (QED) is 0.353. The van der Waals surface area contributed by atoms with Crippen molar-refractivity contribution in [3.05, 3.63) is 104 Å². The SMILES string of the molecule is Cc1cccc(C(=O)N2CCC3(CC2)CN(C(=O)Cc2ccc([N+](=O)[O-])cc2F)c2ccc(F)cc23)c1F. The van der Waals surface area contributed by atoms with Crippen LogP contribution in [0.2, 0.25) is 0 Å². The summed E-state index contributed by atoms with van der Waals surface area (Å²) >= 11 is 0. The molecule has 0 radical (unpaired) electrons. The molecular weight excluding hydrogens is 499 g/mol. The van der Waals surface area contributed by atoms with Crippen molar-refractivity contribution in [2.75, 3.05) is 24.5 Å². The van der Waals surface area contributed by atoms with Gasteiger partial charge in [0, 0.05) is 36.8 Å². The molecule has 10 heteroatoms. The molecule has 3 aromatic carbocycles. The number of hydrogen-bond acceptors (Lipinski definition) is 4. The highest BCUT2D eigenvalue weighted by atomic mass is 19.1. The number of nitro groups is 1. The number of piperidine rings is 1. The summed E-state index contributed by atoms with van der Waals surface area (Å²) in [7, 11) is 0. The van der Waals surface area contributed by atoms with Crippen LogP contribution in [0.5, 0.6) is 0 Å². The van der Waals surface area contributed by atoms with Gasteiger partial charge in [-0.25, -0.2) is 13.2 Å². The van der Waals surface area contributed by atoms with Gasteiger partial charge in [0.1, 0.15) is 17.5 Å². The summed E-state index contributed by atoms with van der Waals surface area (Å²) in [6.07, 6.45) is 0.532. The molecule has 1 fully saturated rings. The van der Waals surface area contributed by atoms with Crippen molar-refractivity contribution >= 4 is 23.2 Å². The van der Waals surface area contributed by atoms with E-state index in [1.54, 1.807) is 24.0 Å². The first-order chi connectivity index (χ1) is 18.1. The summed E-state index contributed by atoms with van der Waals surface area (Å²) in [5.41, 5.74) is 0.525. The van der Waals surface area contributed by atoms with E-state index in [1.807, 2.05) is 0 Å². The van der Waals surface area contributed by atoms with E-state index in [0.717, 1.165) is 12.1 Å². The number of rotatable bonds is 4. The van der Waals surface area contributed by atoms with Gasteiger partial charge in [-0.05, 0) is 66.8 Å². The number of carbonyl (C=O) groups excluding carboxylic acids is 2. The van der Waals surface area contributed by atoms with Crippen molar-refractivity contribution in [1.82, 2.24) is 4.90 Å². The summed E-state index contributed by atoms with van der Waals surface area (Å²) in [6, 6.07) is 12.0. The van der Waals surface area contributed by atoms with Gasteiger partial charge in [-0.15, -0.1) is 0 Å². The lowest BCUT2D eigenvalue weighted by Crippen LogP contribution is -2.48. The van der Waals surface area contributed by atoms with Crippen LogP contribution in [-0.2, 0) is 16.6 Å². The number of amides is 2. The first kappa shape index (κ1) is 25.4. The standard InChI is InChI=1S/C28H24F3N3O4/c1-17-3-2-4-21(26(17)31)27(36)32-11-9-28(10-12-32)16-33(24-8-6-19(29)14-22(24)28)25(35)13-18-5-7-20(34(37)38)15-23(18)30/h2-8,14-15H,9-13,16H2,1H3. The molecule has 0 saturated carbocycles. The Hall–Kier alpha value is -4.21. The van der Waals surface area contributed by atoms with E-state index in [2.05, 4.69) is 0 Å². The molecule has 2 amide bonds. The van der Waals surface area contributed by atoms with Gasteiger partial charge in [0.05, 0.1) is 23.0 Å². The van der Waals surface area contributed by atoms with E-state index >= 15 is 0 Å². The average molecular weight is 524 g/mol. The van der Waals surface area contributed by atoms with Gasteiger partial charge in [0.2, 0.25) is 5.91 Å². The maximum absolute atomic E-state index is 14.6. The molecular formula is C28H24F3N3O4. The number of benzene rings is 3. The number of hydrogen-bond donors (Lipinski definition) is 0. The topological polar surface area (TPSA) is 83.8 Å². The highest BCUT2D eigenvalue weighted by Gasteiger charge is 2.47. The van der Waals surface area contributed by atoms with Gasteiger partial charge in [-0.1, -0.05) is 12.1 Å². The number of nitrogens with zero attached hydrogens (tertiary/aromatic N) is 3. The van der Waals surface area contributed by atoms with Gasteiger partial charge in [0.25, 0.3) is 11.6 Å². The molecule has 1 saturated heterocycles. The van der Waals surface area contributed by atoms with E-state index in [0.29, 0.717) is 42.7 Å². The van der Waals surface area contributed by atoms with Crippen LogP contribution in [0.1, 0.15) is 39.9 Å². The third-order valence-corrected chi connectivity index (χ3v) is 7.60. The molecule has 0 aromatic heterocycles. The number of fused-ring (bicyclic) bond motifs is 2. The van der Waals surface area contributed by atoms with E-state index < -0.39 is 45.3 Å². The summed E-state index contributed by atoms with van der Waals surface area (Å²) in [5.74, 6) is -2.71. The van der Waals surface area contributed by atoms with Gasteiger partial charge in [0.15, 0.2) is 0 Å². The van der Waals surface area contributed by atoms with Crippen molar-refractivity contribution in [3.8, 4) is 0 Å². The maximum atomic E-state index is 14.6. The van der Waals surface area contributed by atoms with Crippen LogP contribution < -0.4 is 4.90 Å². The van der Waals surface area contributed by atoms with Gasteiger partial charge >= 0.3 is 0 Å². The number of anilines is 1. The van der Waals surface area contributed by atoms with E-state index in [9.17, 15) is 32.9 Å². The first-order valence-electron chi connectivity index (χ1n) is 12.2. The van der Waals surface area contributed by atoms with Crippen LogP contribution in [0.15, 0.2) is 54.6 Å². The summed E-state index contributed by atoms with van der Waals surface area (Å²) in [6.45, 7) is 2.40. The molecule has 38 heavy (non-hydrogen) atoms. The van der Waals surface area contributed by atoms with Crippen LogP contribution in [0.4, 0.5) is 24.5 Å². The van der Waals surface area contributed by atoms with Gasteiger partial charge in [-0.3, -0.25) is 19.7 Å². The number of nitro benzene ring substituents is 1. The summed E-state index contributed by atoms with van der Waals surface area (Å²) in [4.78, 5) is 39.6. The van der Waals surface area contributed by atoms with Crippen molar-refractivity contribution < 1.29 is 27.7 Å². The molecule has 7 nitrogen and oxygen atoms in total. The number of non-ortho nitro benzene ring substituents is 1. The second-order valence-electron chi connectivity index (χ2n) is 9.86. The molecule has 2 heterocycles. The predicted octanol–water partition coefficient (Wildman–Crippen LogP) is 5.08. The molecule has 2 aliphatic heterocycles. The number of carbonyl (C=O) groups is 2. The Morgan fingerprint density at radius 3 is 2.45 bits per heavy atom. The monoisotopic (exact) mass is 523 g/mol. The van der Waals surface area contributed by atoms with Crippen LogP contribution in [0, 0.1) is 34.5 Å². The summed E-state index contributed by atoms with van der Waals surface area (Å²) in [5, 5.41) is 10.9. The fourth-order valence-electron chi connectivity index (χ4n) is 5.46. The minimum atomic E-state index is -0.851. The molecule has 0 atom stereocenters. The number of likely N-dealkylation sites (tertiary alicyclic amines) is 1. The highest BCUT2D eigenvalue weighted by molar-refractivity contribution is 5.98. The van der Waals surface area contributed by atoms with Crippen molar-refractivity contribution in [3.63, 3.8) is 0 Å². The van der Waals surface area contributed by atoms with E-state index in [1.165, 1.54) is 35.2 Å². The van der Waals surface area contributed by atoms with Crippen LogP contribution in [0.3, 0.4) is 0 Å². The Morgan fingerprint density at radius 1 is 1.03 bits per heavy atom. The van der Waals surface area contributed by atoms with Crippen molar-refractivity contribution in [2.24, 2.45) is 0 Å². The van der Waals surface area contributed by atoms with Gasteiger partial charge < -0.3 is 9.80 Å². The lowest BCUT2D eigenvalue weighted by molar-refractivity contribution is -0.385. The third-order valence-electron chi connectivity index (χ3n) is 7.60. The molecule has 1 spiro atoms. The molecule has 0 bridgehead atoms. The normalized spacial score (nSPS) is 16.0. The van der Waals surface area contributed by atoms with Crippen molar-refractivity contribution in [1.29, 1.82) is 0 Å². The van der Waals surface area contributed by atoms with Gasteiger partial charge in [-0.2, -0.15) is 0 Å². The van der Waals surface area contributed by atoms with E-state index in [4.69, 9.17) is 0 Å². The Labute approximate surface area is 216 Å². The third kappa shape index (κ3) is 4.40. The number of aryl methyl sites for hydroxylation is 1. The molecule has 0 N–H and O–H groups in total. The Kier molecular flexibility index (Phi) is 6.42. The van der Waals surface area contributed by atoms with Crippen LogP contribution in [-0.4, -0.2) is 41.3 Å². The second-order valence-corrected chi connectivity index (χ2v) is 9.86. The zero-order chi connectivity index (χ0) is 27.2. The largest absolute Gasteiger partial charge is 0.338 e. The molecule has 2 aliphatic rings. The molecule has 0 unspecified atom stereocenters. The van der Waals surface area contributed by atoms with Crippen LogP contribution in [0.25, 0.3) is 0 Å². The highest BCUT2D eigenvalue weighted by Crippen LogP contribution is 2.47. The average Bonchev–Trinajstić information content (AvgIpc) is 3.20. The first-order valence-corrected chi connectivity index (χ1v) is 12.2. The Balaban J connectivity index is 1.37. The van der Waals surface area contributed by atoms with Crippen molar-refractivity contribution in [2.45, 2.75) is 31.6 Å². The fraction of sp³-hybridized carbons (Fsp3) is 0.286. The zero-order valence-electron chi connectivity index (χ0n) is 20.5. The molecule has 196 valence electrons. The molecule has 3 aromatic rings.